The summed E-state index contributed by atoms with van der Waals surface area (Å²) in [5.41, 5.74) is 13.9. The molecule has 2 aromatic rings. The van der Waals surface area contributed by atoms with E-state index in [1.165, 1.54) is 0 Å². The Kier molecular flexibility index (Phi) is 8.21. The monoisotopic (exact) mass is 474 g/mol. The van der Waals surface area contributed by atoms with Crippen LogP contribution in [0.15, 0.2) is 54.1 Å². The van der Waals surface area contributed by atoms with E-state index in [-0.39, 0.29) is 5.82 Å². The van der Waals surface area contributed by atoms with E-state index in [0.717, 1.165) is 53.3 Å². The number of aliphatic imine (C=N–C) groups is 1. The molecule has 1 aromatic carbocycles. The minimum atomic E-state index is -0.296. The van der Waals surface area contributed by atoms with Crippen molar-refractivity contribution in [2.45, 2.75) is 48.0 Å². The van der Waals surface area contributed by atoms with Gasteiger partial charge in [0.25, 0.3) is 0 Å². The van der Waals surface area contributed by atoms with Crippen LogP contribution in [0.25, 0.3) is 27.9 Å². The lowest BCUT2D eigenvalue weighted by Crippen LogP contribution is -2.26. The molecule has 0 saturated carbocycles. The number of halogens is 1. The maximum Gasteiger partial charge on any atom is 0.140 e. The molecule has 1 aromatic heterocycles. The van der Waals surface area contributed by atoms with Gasteiger partial charge in [0.05, 0.1) is 12.1 Å². The number of aryl methyl sites for hydroxylation is 1. The number of nitrogens with zero attached hydrogens (tertiary/aromatic N) is 2. The zero-order chi connectivity index (χ0) is 25.9. The predicted octanol–water partition coefficient (Wildman–Crippen LogP) is 7.26. The second-order valence-electron chi connectivity index (χ2n) is 9.88. The third-order valence-electron chi connectivity index (χ3n) is 6.28. The van der Waals surface area contributed by atoms with Crippen molar-refractivity contribution in [2.75, 3.05) is 19.6 Å². The number of hydrogen-bond donors (Lipinski definition) is 2. The molecular formula is C30H39FN4. The van der Waals surface area contributed by atoms with Crippen molar-refractivity contribution in [3.8, 4) is 0 Å². The van der Waals surface area contributed by atoms with E-state index in [1.54, 1.807) is 12.1 Å². The van der Waals surface area contributed by atoms with E-state index < -0.39 is 0 Å². The van der Waals surface area contributed by atoms with Gasteiger partial charge in [-0.05, 0) is 62.4 Å². The molecule has 0 unspecified atom stereocenters. The van der Waals surface area contributed by atoms with Gasteiger partial charge in [-0.1, -0.05) is 46.1 Å². The number of allylic oxidation sites excluding steroid dienone is 1. The van der Waals surface area contributed by atoms with Crippen LogP contribution in [0.4, 0.5) is 4.39 Å². The zero-order valence-corrected chi connectivity index (χ0v) is 22.1. The summed E-state index contributed by atoms with van der Waals surface area (Å²) in [6, 6.07) is 9.55. The fourth-order valence-corrected chi connectivity index (χ4v) is 4.71. The molecule has 1 aliphatic heterocycles. The van der Waals surface area contributed by atoms with Gasteiger partial charge in [0.15, 0.2) is 0 Å². The van der Waals surface area contributed by atoms with Gasteiger partial charge in [-0.25, -0.2) is 4.39 Å². The van der Waals surface area contributed by atoms with E-state index in [0.29, 0.717) is 40.2 Å². The number of nitrogens with one attached hydrogen (secondary N) is 1. The number of hydrogen-bond acceptors (Lipinski definition) is 3. The first-order chi connectivity index (χ1) is 16.5. The molecule has 0 spiro atoms. The van der Waals surface area contributed by atoms with Crippen molar-refractivity contribution in [3.63, 3.8) is 0 Å². The Morgan fingerprint density at radius 3 is 2.49 bits per heavy atom. The second-order valence-corrected chi connectivity index (χ2v) is 9.88. The third-order valence-corrected chi connectivity index (χ3v) is 6.28. The first kappa shape index (κ1) is 26.3. The zero-order valence-electron chi connectivity index (χ0n) is 22.1. The average Bonchev–Trinajstić information content (AvgIpc) is 3.14. The molecule has 0 bridgehead atoms. The maximum atomic E-state index is 16.1. The Hall–Kier alpha value is -3.34. The van der Waals surface area contributed by atoms with Gasteiger partial charge < -0.3 is 15.6 Å². The van der Waals surface area contributed by atoms with E-state index in [1.807, 2.05) is 32.9 Å². The standard InChI is InChI=1S/C30H39FN4/c1-9-13-35(17-18(2)3)23(8)24-11-10-12-25-29(31)27(28-19(4)16-33-22(28)7)15-26(21(6)32)30(25)34-20(5)14-24/h10-12,14-15,18,34H,6,8-9,13,16-17,32H2,1-5,7H3. The third kappa shape index (κ3) is 5.67. The molecule has 0 saturated heterocycles. The highest BCUT2D eigenvalue weighted by molar-refractivity contribution is 6.25. The van der Waals surface area contributed by atoms with Crippen LogP contribution in [0.5, 0.6) is 0 Å². The van der Waals surface area contributed by atoms with Gasteiger partial charge in [0.2, 0.25) is 0 Å². The van der Waals surface area contributed by atoms with Crippen LogP contribution in [0.3, 0.4) is 0 Å². The van der Waals surface area contributed by atoms with E-state index in [2.05, 4.69) is 54.9 Å². The van der Waals surface area contributed by atoms with Crippen LogP contribution in [0.2, 0.25) is 0 Å². The van der Waals surface area contributed by atoms with Crippen LogP contribution < -0.4 is 5.73 Å². The molecule has 35 heavy (non-hydrogen) atoms. The predicted molar refractivity (Wildman–Crippen MR) is 150 cm³/mol. The summed E-state index contributed by atoms with van der Waals surface area (Å²) in [6.45, 7) is 23.3. The highest BCUT2D eigenvalue weighted by Gasteiger charge is 2.22. The normalized spacial score (nSPS) is 13.3. The van der Waals surface area contributed by atoms with Crippen molar-refractivity contribution >= 4 is 33.6 Å². The lowest BCUT2D eigenvalue weighted by molar-refractivity contribution is 0.348. The van der Waals surface area contributed by atoms with Crippen molar-refractivity contribution in [2.24, 2.45) is 16.6 Å². The lowest BCUT2D eigenvalue weighted by Gasteiger charge is -2.28. The first-order valence-electron chi connectivity index (χ1n) is 12.4. The Balaban J connectivity index is 2.29. The topological polar surface area (TPSA) is 57.4 Å². The number of rotatable bonds is 8. The molecule has 0 radical (unpaired) electrons. The summed E-state index contributed by atoms with van der Waals surface area (Å²) < 4.78 is 16.1. The minimum absolute atomic E-state index is 0.296. The lowest BCUT2D eigenvalue weighted by atomic mass is 9.93. The molecule has 0 fully saturated rings. The number of nitrogens with two attached hydrogens (primary N) is 1. The van der Waals surface area contributed by atoms with Crippen molar-refractivity contribution < 1.29 is 4.39 Å². The summed E-state index contributed by atoms with van der Waals surface area (Å²) in [5, 5.41) is 0.451. The summed E-state index contributed by atoms with van der Waals surface area (Å²) in [4.78, 5) is 10.2. The Bertz CT molecular complexity index is 1270. The second kappa shape index (κ2) is 10.9. The molecule has 186 valence electrons. The van der Waals surface area contributed by atoms with Crippen molar-refractivity contribution in [1.82, 2.24) is 9.88 Å². The first-order valence-corrected chi connectivity index (χ1v) is 12.4. The van der Waals surface area contributed by atoms with Crippen LogP contribution in [-0.4, -0.2) is 35.2 Å². The van der Waals surface area contributed by atoms with Gasteiger partial charge in [0.1, 0.15) is 5.82 Å². The van der Waals surface area contributed by atoms with E-state index >= 15 is 4.39 Å². The molecule has 0 aliphatic carbocycles. The van der Waals surface area contributed by atoms with Crippen LogP contribution in [-0.2, 0) is 0 Å². The Morgan fingerprint density at radius 1 is 1.20 bits per heavy atom. The molecule has 3 N–H and O–H groups in total. The van der Waals surface area contributed by atoms with E-state index in [9.17, 15) is 0 Å². The average molecular weight is 475 g/mol. The number of H-pyrrole nitrogens is 1. The van der Waals surface area contributed by atoms with E-state index in [4.69, 9.17) is 5.73 Å². The highest BCUT2D eigenvalue weighted by Crippen LogP contribution is 2.34. The van der Waals surface area contributed by atoms with Gasteiger partial charge in [-0.2, -0.15) is 0 Å². The summed E-state index contributed by atoms with van der Waals surface area (Å²) >= 11 is 0. The van der Waals surface area contributed by atoms with Crippen LogP contribution in [0, 0.1) is 18.7 Å². The summed E-state index contributed by atoms with van der Waals surface area (Å²) in [6.07, 6.45) is 1.04. The SMILES string of the molecule is C=C(N)c1cc(C2=C(C)CN=C2C)c(F)c2cccc(C(=C)N(CCC)CC(C)C)cc(C)[nH]c12. The van der Waals surface area contributed by atoms with Crippen LogP contribution in [0.1, 0.15) is 63.4 Å². The van der Waals surface area contributed by atoms with Crippen molar-refractivity contribution in [3.05, 3.63) is 77.3 Å². The van der Waals surface area contributed by atoms with Gasteiger partial charge in [0, 0.05) is 58.0 Å². The highest BCUT2D eigenvalue weighted by atomic mass is 19.1. The minimum Gasteiger partial charge on any atom is -0.399 e. The molecular weight excluding hydrogens is 435 g/mol. The molecule has 4 nitrogen and oxygen atoms in total. The largest absolute Gasteiger partial charge is 0.399 e. The van der Waals surface area contributed by atoms with Crippen LogP contribution >= 0.6 is 0 Å². The molecule has 5 heteroatoms. The maximum absolute atomic E-state index is 16.1. The van der Waals surface area contributed by atoms with Gasteiger partial charge in [-0.3, -0.25) is 4.99 Å². The Morgan fingerprint density at radius 2 is 1.91 bits per heavy atom. The fraction of sp³-hybridized carbons (Fsp3) is 0.367. The number of aromatic nitrogens is 1. The number of fused-ring (bicyclic) bond motifs is 1. The number of aromatic amines is 1. The molecule has 3 rings (SSSR count). The molecule has 2 heterocycles. The fourth-order valence-electron chi connectivity index (χ4n) is 4.71. The molecule has 1 aliphatic rings. The number of benzene rings is 1. The molecule has 0 atom stereocenters. The Labute approximate surface area is 209 Å². The quantitative estimate of drug-likeness (QED) is 0.423. The summed E-state index contributed by atoms with van der Waals surface area (Å²) in [5.74, 6) is 0.222. The van der Waals surface area contributed by atoms with Gasteiger partial charge >= 0.3 is 0 Å². The van der Waals surface area contributed by atoms with Crippen molar-refractivity contribution in [1.29, 1.82) is 0 Å². The molecule has 0 amide bonds. The smallest absolute Gasteiger partial charge is 0.140 e. The van der Waals surface area contributed by atoms with Gasteiger partial charge in [-0.15, -0.1) is 0 Å². The summed E-state index contributed by atoms with van der Waals surface area (Å²) in [7, 11) is 0.